The van der Waals surface area contributed by atoms with Crippen molar-refractivity contribution in [1.29, 1.82) is 0 Å². The smallest absolute Gasteiger partial charge is 0.306 e. The number of rotatable bonds is 5. The second-order valence-corrected chi connectivity index (χ2v) is 4.68. The Kier molecular flexibility index (Phi) is 4.59. The Bertz CT molecular complexity index is 547. The van der Waals surface area contributed by atoms with E-state index >= 15 is 0 Å². The summed E-state index contributed by atoms with van der Waals surface area (Å²) >= 11 is 0. The zero-order valence-corrected chi connectivity index (χ0v) is 11.5. The van der Waals surface area contributed by atoms with Gasteiger partial charge in [-0.3, -0.25) is 14.9 Å². The van der Waals surface area contributed by atoms with Crippen LogP contribution in [-0.4, -0.2) is 48.9 Å². The minimum atomic E-state index is -0.932. The highest BCUT2D eigenvalue weighted by molar-refractivity contribution is 5.67. The van der Waals surface area contributed by atoms with Crippen molar-refractivity contribution in [3.63, 3.8) is 0 Å². The molecule has 8 heteroatoms. The average molecular weight is 296 g/mol. The molecule has 1 aromatic rings. The maximum atomic E-state index is 10.9. The topological polar surface area (TPSA) is 102 Å². The molecule has 0 aliphatic carbocycles. The molecule has 0 saturated carbocycles. The van der Waals surface area contributed by atoms with E-state index in [1.807, 2.05) is 4.90 Å². The molecule has 2 rings (SSSR count). The number of carboxylic acids is 1. The number of carboxylic acid groups (broad SMARTS) is 1. The summed E-state index contributed by atoms with van der Waals surface area (Å²) in [6.07, 6.45) is -0.524. The molecule has 8 nitrogen and oxygen atoms in total. The predicted molar refractivity (Wildman–Crippen MR) is 73.9 cm³/mol. The fourth-order valence-electron chi connectivity index (χ4n) is 2.25. The number of hydrogen-bond donors (Lipinski definition) is 1. The van der Waals surface area contributed by atoms with Crippen LogP contribution in [0.5, 0.6) is 5.75 Å². The van der Waals surface area contributed by atoms with E-state index in [0.717, 1.165) is 0 Å². The fraction of sp³-hybridized carbons (Fsp3) is 0.462. The quantitative estimate of drug-likeness (QED) is 0.645. The first-order chi connectivity index (χ1) is 9.99. The Hall–Kier alpha value is -2.35. The fourth-order valence-corrected chi connectivity index (χ4v) is 2.25. The molecular weight excluding hydrogens is 280 g/mol. The molecule has 0 spiro atoms. The van der Waals surface area contributed by atoms with Gasteiger partial charge in [0.15, 0.2) is 0 Å². The Morgan fingerprint density at radius 3 is 2.95 bits per heavy atom. The molecule has 21 heavy (non-hydrogen) atoms. The van der Waals surface area contributed by atoms with E-state index in [0.29, 0.717) is 31.1 Å². The number of aliphatic carboxylic acids is 1. The Morgan fingerprint density at radius 2 is 2.33 bits per heavy atom. The van der Waals surface area contributed by atoms with Crippen LogP contribution in [0.3, 0.4) is 0 Å². The summed E-state index contributed by atoms with van der Waals surface area (Å²) in [5.74, 6) is -0.543. The number of non-ortho nitro benzene ring substituents is 1. The molecule has 1 heterocycles. The van der Waals surface area contributed by atoms with Crippen molar-refractivity contribution >= 4 is 17.3 Å². The standard InChI is InChI=1S/C13H16N2O6/c1-20-11-5-9(4-10(6-11)15(18)19)14-2-3-21-12(8-14)7-13(16)17/h4-6,12H,2-3,7-8H2,1H3,(H,16,17). The van der Waals surface area contributed by atoms with Gasteiger partial charge in [-0.05, 0) is 0 Å². The van der Waals surface area contributed by atoms with Crippen molar-refractivity contribution in [3.05, 3.63) is 28.3 Å². The van der Waals surface area contributed by atoms with Crippen molar-refractivity contribution in [2.75, 3.05) is 31.7 Å². The van der Waals surface area contributed by atoms with Gasteiger partial charge in [0.25, 0.3) is 5.69 Å². The van der Waals surface area contributed by atoms with Gasteiger partial charge in [0.2, 0.25) is 0 Å². The molecule has 1 atom stereocenters. The molecule has 114 valence electrons. The lowest BCUT2D eigenvalue weighted by molar-refractivity contribution is -0.384. The number of methoxy groups -OCH3 is 1. The van der Waals surface area contributed by atoms with Crippen LogP contribution in [0.25, 0.3) is 0 Å². The van der Waals surface area contributed by atoms with E-state index in [1.165, 1.54) is 19.2 Å². The largest absolute Gasteiger partial charge is 0.496 e. The highest BCUT2D eigenvalue weighted by Crippen LogP contribution is 2.29. The van der Waals surface area contributed by atoms with Gasteiger partial charge >= 0.3 is 5.97 Å². The highest BCUT2D eigenvalue weighted by atomic mass is 16.6. The van der Waals surface area contributed by atoms with Crippen molar-refractivity contribution in [1.82, 2.24) is 0 Å². The van der Waals surface area contributed by atoms with E-state index in [-0.39, 0.29) is 12.1 Å². The molecule has 0 aromatic heterocycles. The summed E-state index contributed by atoms with van der Waals surface area (Å²) in [5, 5.41) is 19.8. The molecule has 0 bridgehead atoms. The monoisotopic (exact) mass is 296 g/mol. The molecule has 1 saturated heterocycles. The first-order valence-electron chi connectivity index (χ1n) is 6.41. The summed E-state index contributed by atoms with van der Waals surface area (Å²) in [6.45, 7) is 1.29. The number of nitro groups is 1. The third kappa shape index (κ3) is 3.82. The van der Waals surface area contributed by atoms with Crippen LogP contribution in [0.2, 0.25) is 0 Å². The van der Waals surface area contributed by atoms with Crippen LogP contribution in [0.1, 0.15) is 6.42 Å². The normalized spacial score (nSPS) is 18.3. The van der Waals surface area contributed by atoms with Crippen LogP contribution in [-0.2, 0) is 9.53 Å². The first kappa shape index (κ1) is 15.0. The van der Waals surface area contributed by atoms with Gasteiger partial charge in [0, 0.05) is 30.9 Å². The molecule has 0 amide bonds. The van der Waals surface area contributed by atoms with E-state index in [2.05, 4.69) is 0 Å². The van der Waals surface area contributed by atoms with Crippen LogP contribution >= 0.6 is 0 Å². The van der Waals surface area contributed by atoms with Crippen LogP contribution in [0.15, 0.2) is 18.2 Å². The summed E-state index contributed by atoms with van der Waals surface area (Å²) in [5.41, 5.74) is 0.561. The lowest BCUT2D eigenvalue weighted by atomic mass is 10.1. The van der Waals surface area contributed by atoms with E-state index in [1.54, 1.807) is 6.07 Å². The van der Waals surface area contributed by atoms with E-state index in [4.69, 9.17) is 14.6 Å². The second kappa shape index (κ2) is 6.40. The summed E-state index contributed by atoms with van der Waals surface area (Å²) in [6, 6.07) is 4.49. The molecule has 1 N–H and O–H groups in total. The number of hydrogen-bond acceptors (Lipinski definition) is 6. The molecule has 1 aliphatic heterocycles. The molecule has 1 fully saturated rings. The molecule has 0 radical (unpaired) electrons. The highest BCUT2D eigenvalue weighted by Gasteiger charge is 2.24. The van der Waals surface area contributed by atoms with Gasteiger partial charge in [-0.1, -0.05) is 0 Å². The first-order valence-corrected chi connectivity index (χ1v) is 6.41. The molecule has 1 aliphatic rings. The summed E-state index contributed by atoms with van der Waals surface area (Å²) < 4.78 is 10.5. The van der Waals surface area contributed by atoms with Crippen molar-refractivity contribution in [3.8, 4) is 5.75 Å². The van der Waals surface area contributed by atoms with Gasteiger partial charge < -0.3 is 19.5 Å². The molecule has 1 unspecified atom stereocenters. The van der Waals surface area contributed by atoms with Gasteiger partial charge in [-0.15, -0.1) is 0 Å². The molecular formula is C13H16N2O6. The van der Waals surface area contributed by atoms with E-state index < -0.39 is 17.0 Å². The zero-order valence-electron chi connectivity index (χ0n) is 11.5. The van der Waals surface area contributed by atoms with E-state index in [9.17, 15) is 14.9 Å². The maximum Gasteiger partial charge on any atom is 0.306 e. The Morgan fingerprint density at radius 1 is 1.57 bits per heavy atom. The number of ether oxygens (including phenoxy) is 2. The van der Waals surface area contributed by atoms with Crippen LogP contribution in [0, 0.1) is 10.1 Å². The number of nitro benzene ring substituents is 1. The van der Waals surface area contributed by atoms with Gasteiger partial charge in [0.05, 0.1) is 37.2 Å². The third-order valence-electron chi connectivity index (χ3n) is 3.23. The van der Waals surface area contributed by atoms with Gasteiger partial charge in [0.1, 0.15) is 5.75 Å². The number of anilines is 1. The summed E-state index contributed by atoms with van der Waals surface area (Å²) in [7, 11) is 1.44. The van der Waals surface area contributed by atoms with Crippen molar-refractivity contribution < 1.29 is 24.3 Å². The number of benzene rings is 1. The van der Waals surface area contributed by atoms with Crippen LogP contribution in [0.4, 0.5) is 11.4 Å². The van der Waals surface area contributed by atoms with Gasteiger partial charge in [-0.25, -0.2) is 0 Å². The second-order valence-electron chi connectivity index (χ2n) is 4.68. The zero-order chi connectivity index (χ0) is 15.4. The predicted octanol–water partition coefficient (Wildman–Crippen LogP) is 1.28. The number of nitrogens with zero attached hydrogens (tertiary/aromatic N) is 2. The SMILES string of the molecule is COc1cc(N2CCOC(CC(=O)O)C2)cc([N+](=O)[O-])c1. The summed E-state index contributed by atoms with van der Waals surface area (Å²) in [4.78, 5) is 23.1. The molecule has 1 aromatic carbocycles. The van der Waals surface area contributed by atoms with Crippen molar-refractivity contribution in [2.45, 2.75) is 12.5 Å². The minimum absolute atomic E-state index is 0.0642. The lowest BCUT2D eigenvalue weighted by Gasteiger charge is -2.34. The number of carbonyl (C=O) groups is 1. The van der Waals surface area contributed by atoms with Crippen molar-refractivity contribution in [2.24, 2.45) is 0 Å². The number of morpholine rings is 1. The average Bonchev–Trinajstić information content (AvgIpc) is 2.46. The van der Waals surface area contributed by atoms with Gasteiger partial charge in [-0.2, -0.15) is 0 Å². The Balaban J connectivity index is 2.21. The Labute approximate surface area is 121 Å². The minimum Gasteiger partial charge on any atom is -0.496 e. The third-order valence-corrected chi connectivity index (χ3v) is 3.23. The maximum absolute atomic E-state index is 10.9. The van der Waals surface area contributed by atoms with Crippen LogP contribution < -0.4 is 9.64 Å². The lowest BCUT2D eigenvalue weighted by Crippen LogP contribution is -2.43.